The van der Waals surface area contributed by atoms with Gasteiger partial charge in [0.1, 0.15) is 9.20 Å². The third-order valence-corrected chi connectivity index (χ3v) is 7.07. The van der Waals surface area contributed by atoms with Crippen LogP contribution in [0.25, 0.3) is 0 Å². The van der Waals surface area contributed by atoms with Crippen molar-refractivity contribution in [2.75, 3.05) is 27.2 Å². The fourth-order valence-corrected chi connectivity index (χ4v) is 5.07. The Bertz CT molecular complexity index is 580. The van der Waals surface area contributed by atoms with Gasteiger partial charge >= 0.3 is 0 Å². The Morgan fingerprint density at radius 2 is 2.21 bits per heavy atom. The molecule has 0 bridgehead atoms. The van der Waals surface area contributed by atoms with Crippen LogP contribution < -0.4 is 5.73 Å². The fourth-order valence-electron chi connectivity index (χ4n) is 2.07. The third kappa shape index (κ3) is 2.97. The van der Waals surface area contributed by atoms with Crippen molar-refractivity contribution in [3.8, 4) is 0 Å². The lowest BCUT2D eigenvalue weighted by molar-refractivity contribution is 0.302. The predicted molar refractivity (Wildman–Crippen MR) is 81.1 cm³/mol. The van der Waals surface area contributed by atoms with Crippen LogP contribution in [0, 0.1) is 0 Å². The van der Waals surface area contributed by atoms with Crippen molar-refractivity contribution >= 4 is 38.6 Å². The highest BCUT2D eigenvalue weighted by atomic mass is 32.2. The SMILES string of the molecule is CN(C)C1CCN(S(=O)(=O)c2ccc(C(N)=S)s2)C1. The summed E-state index contributed by atoms with van der Waals surface area (Å²) < 4.78 is 26.8. The van der Waals surface area contributed by atoms with E-state index in [1.54, 1.807) is 12.1 Å². The summed E-state index contributed by atoms with van der Waals surface area (Å²) in [5.74, 6) is 0. The molecule has 1 atom stereocenters. The maximum atomic E-state index is 12.5. The molecule has 0 aromatic carbocycles. The lowest BCUT2D eigenvalue weighted by atomic mass is 10.2. The Morgan fingerprint density at radius 1 is 1.53 bits per heavy atom. The molecule has 1 unspecified atom stereocenters. The summed E-state index contributed by atoms with van der Waals surface area (Å²) in [6, 6.07) is 3.53. The predicted octanol–water partition coefficient (Wildman–Crippen LogP) is 0.707. The second-order valence-corrected chi connectivity index (χ2v) is 8.44. The first-order chi connectivity index (χ1) is 8.82. The van der Waals surface area contributed by atoms with Gasteiger partial charge in [-0.15, -0.1) is 11.3 Å². The number of thiocarbonyl (C=S) groups is 1. The van der Waals surface area contributed by atoms with E-state index >= 15 is 0 Å². The number of thiophene rings is 1. The minimum absolute atomic E-state index is 0.235. The van der Waals surface area contributed by atoms with E-state index < -0.39 is 10.0 Å². The lowest BCUT2D eigenvalue weighted by Gasteiger charge is -2.19. The maximum absolute atomic E-state index is 12.5. The van der Waals surface area contributed by atoms with Crippen molar-refractivity contribution in [3.05, 3.63) is 17.0 Å². The van der Waals surface area contributed by atoms with Gasteiger partial charge in [-0.3, -0.25) is 0 Å². The Balaban J connectivity index is 2.21. The molecular weight excluding hydrogens is 302 g/mol. The summed E-state index contributed by atoms with van der Waals surface area (Å²) in [4.78, 5) is 2.93. The highest BCUT2D eigenvalue weighted by Crippen LogP contribution is 2.28. The molecule has 1 saturated heterocycles. The molecule has 1 aliphatic heterocycles. The zero-order chi connectivity index (χ0) is 14.2. The molecule has 5 nitrogen and oxygen atoms in total. The molecule has 2 rings (SSSR count). The van der Waals surface area contributed by atoms with Crippen LogP contribution in [0.1, 0.15) is 11.3 Å². The maximum Gasteiger partial charge on any atom is 0.252 e. The Hall–Kier alpha value is -0.540. The van der Waals surface area contributed by atoms with Crippen LogP contribution in [-0.2, 0) is 10.0 Å². The van der Waals surface area contributed by atoms with Crippen LogP contribution in [0.3, 0.4) is 0 Å². The highest BCUT2D eigenvalue weighted by Gasteiger charge is 2.34. The first kappa shape index (κ1) is 14.9. The zero-order valence-corrected chi connectivity index (χ0v) is 13.3. The van der Waals surface area contributed by atoms with Gasteiger partial charge in [0.25, 0.3) is 10.0 Å². The molecule has 2 N–H and O–H groups in total. The molecule has 1 aromatic rings. The number of nitrogens with two attached hydrogens (primary N) is 1. The first-order valence-electron chi connectivity index (χ1n) is 5.88. The first-order valence-corrected chi connectivity index (χ1v) is 8.55. The number of rotatable bonds is 4. The van der Waals surface area contributed by atoms with Crippen LogP contribution in [0.5, 0.6) is 0 Å². The van der Waals surface area contributed by atoms with Crippen molar-refractivity contribution in [3.63, 3.8) is 0 Å². The minimum atomic E-state index is -3.41. The second kappa shape index (κ2) is 5.45. The van der Waals surface area contributed by atoms with Crippen LogP contribution in [-0.4, -0.2) is 55.8 Å². The molecule has 8 heteroatoms. The summed E-state index contributed by atoms with van der Waals surface area (Å²) in [6.45, 7) is 1.10. The molecule has 1 aliphatic rings. The van der Waals surface area contributed by atoms with Gasteiger partial charge in [-0.2, -0.15) is 4.31 Å². The molecule has 1 fully saturated rings. The second-order valence-electron chi connectivity index (χ2n) is 4.75. The molecule has 0 amide bonds. The van der Waals surface area contributed by atoms with Crippen LogP contribution in [0.15, 0.2) is 16.3 Å². The van der Waals surface area contributed by atoms with E-state index in [1.807, 2.05) is 14.1 Å². The Kier molecular flexibility index (Phi) is 4.26. The number of sulfonamides is 1. The Morgan fingerprint density at radius 3 is 2.68 bits per heavy atom. The van der Waals surface area contributed by atoms with Crippen LogP contribution >= 0.6 is 23.6 Å². The van der Waals surface area contributed by atoms with E-state index in [9.17, 15) is 8.42 Å². The van der Waals surface area contributed by atoms with Crippen LogP contribution in [0.2, 0.25) is 0 Å². The molecule has 2 heterocycles. The number of likely N-dealkylation sites (N-methyl/N-ethyl adjacent to an activating group) is 1. The summed E-state index contributed by atoms with van der Waals surface area (Å²) >= 11 is 5.99. The van der Waals surface area contributed by atoms with E-state index in [2.05, 4.69) is 4.90 Å². The molecule has 0 saturated carbocycles. The molecular formula is C11H17N3O2S3. The van der Waals surface area contributed by atoms with Crippen molar-refractivity contribution < 1.29 is 8.42 Å². The molecule has 0 radical (unpaired) electrons. The minimum Gasteiger partial charge on any atom is -0.389 e. The molecule has 106 valence electrons. The number of nitrogens with zero attached hydrogens (tertiary/aromatic N) is 2. The van der Waals surface area contributed by atoms with E-state index in [-0.39, 0.29) is 11.0 Å². The standard InChI is InChI=1S/C11H17N3O2S3/c1-13(2)8-5-6-14(7-8)19(15,16)10-4-3-9(18-10)11(12)17/h3-4,8H,5-7H2,1-2H3,(H2,12,17). The third-order valence-electron chi connectivity index (χ3n) is 3.27. The van der Waals surface area contributed by atoms with Crippen molar-refractivity contribution in [2.24, 2.45) is 5.73 Å². The quantitative estimate of drug-likeness (QED) is 0.828. The number of hydrogen-bond acceptors (Lipinski definition) is 5. The van der Waals surface area contributed by atoms with Gasteiger partial charge in [0.15, 0.2) is 0 Å². The lowest BCUT2D eigenvalue weighted by Crippen LogP contribution is -2.34. The van der Waals surface area contributed by atoms with Crippen molar-refractivity contribution in [1.29, 1.82) is 0 Å². The van der Waals surface area contributed by atoms with E-state index in [0.29, 0.717) is 22.2 Å². The summed E-state index contributed by atoms with van der Waals surface area (Å²) in [7, 11) is 0.530. The van der Waals surface area contributed by atoms with Crippen molar-refractivity contribution in [1.82, 2.24) is 9.21 Å². The molecule has 1 aromatic heterocycles. The van der Waals surface area contributed by atoms with E-state index in [1.165, 1.54) is 4.31 Å². The van der Waals surface area contributed by atoms with Crippen LogP contribution in [0.4, 0.5) is 0 Å². The van der Waals surface area contributed by atoms with Crippen molar-refractivity contribution in [2.45, 2.75) is 16.7 Å². The van der Waals surface area contributed by atoms with Gasteiger partial charge in [-0.1, -0.05) is 12.2 Å². The van der Waals surface area contributed by atoms with E-state index in [0.717, 1.165) is 17.8 Å². The average Bonchev–Trinajstić information content (AvgIpc) is 2.99. The zero-order valence-electron chi connectivity index (χ0n) is 10.9. The van der Waals surface area contributed by atoms with Gasteiger partial charge in [0, 0.05) is 19.1 Å². The monoisotopic (exact) mass is 319 g/mol. The normalized spacial score (nSPS) is 21.1. The molecule has 19 heavy (non-hydrogen) atoms. The largest absolute Gasteiger partial charge is 0.389 e. The average molecular weight is 319 g/mol. The number of hydrogen-bond donors (Lipinski definition) is 1. The smallest absolute Gasteiger partial charge is 0.252 e. The fraction of sp³-hybridized carbons (Fsp3) is 0.545. The van der Waals surface area contributed by atoms with Gasteiger partial charge in [0.2, 0.25) is 0 Å². The topological polar surface area (TPSA) is 66.6 Å². The molecule has 0 spiro atoms. The molecule has 0 aliphatic carbocycles. The summed E-state index contributed by atoms with van der Waals surface area (Å²) in [5, 5.41) is 0. The van der Waals surface area contributed by atoms with Gasteiger partial charge in [-0.05, 0) is 32.6 Å². The summed E-state index contributed by atoms with van der Waals surface area (Å²) in [6.07, 6.45) is 0.861. The Labute approximate surface area is 123 Å². The summed E-state index contributed by atoms with van der Waals surface area (Å²) in [5.41, 5.74) is 5.51. The van der Waals surface area contributed by atoms with E-state index in [4.69, 9.17) is 18.0 Å². The van der Waals surface area contributed by atoms with Gasteiger partial charge in [-0.25, -0.2) is 8.42 Å². The highest BCUT2D eigenvalue weighted by molar-refractivity contribution is 7.91. The van der Waals surface area contributed by atoms with Gasteiger partial charge in [0.05, 0.1) is 4.88 Å². The van der Waals surface area contributed by atoms with Gasteiger partial charge < -0.3 is 10.6 Å².